The van der Waals surface area contributed by atoms with Gasteiger partial charge in [0.25, 0.3) is 0 Å². The van der Waals surface area contributed by atoms with Gasteiger partial charge in [0.15, 0.2) is 0 Å². The molecule has 0 bridgehead atoms. The first-order chi connectivity index (χ1) is 16.5. The average molecular weight is 460 g/mol. The zero-order chi connectivity index (χ0) is 24.1. The number of rotatable bonds is 9. The van der Waals surface area contributed by atoms with Crippen molar-refractivity contribution < 1.29 is 19.4 Å². The van der Waals surface area contributed by atoms with Crippen molar-refractivity contribution in [3.05, 3.63) is 77.9 Å². The molecule has 176 valence electrons. The molecule has 1 N–H and O–H groups in total. The molecule has 0 saturated heterocycles. The van der Waals surface area contributed by atoms with Gasteiger partial charge in [0.05, 0.1) is 13.0 Å². The van der Waals surface area contributed by atoms with Crippen LogP contribution in [0.5, 0.6) is 11.5 Å². The third kappa shape index (κ3) is 5.20. The van der Waals surface area contributed by atoms with E-state index >= 15 is 0 Å². The van der Waals surface area contributed by atoms with E-state index in [1.807, 2.05) is 43.3 Å². The fraction of sp³-hybridized carbons (Fsp3) is 0.296. The molecule has 0 radical (unpaired) electrons. The van der Waals surface area contributed by atoms with Crippen molar-refractivity contribution in [2.45, 2.75) is 39.2 Å². The molecule has 34 heavy (non-hydrogen) atoms. The fourth-order valence-electron chi connectivity index (χ4n) is 4.04. The normalized spacial score (nSPS) is 12.9. The van der Waals surface area contributed by atoms with E-state index in [2.05, 4.69) is 29.3 Å². The van der Waals surface area contributed by atoms with Crippen LogP contribution in [-0.2, 0) is 16.1 Å². The van der Waals surface area contributed by atoms with Crippen molar-refractivity contribution in [3.8, 4) is 17.2 Å². The number of aromatic nitrogens is 3. The minimum absolute atomic E-state index is 0.0404. The van der Waals surface area contributed by atoms with Crippen molar-refractivity contribution in [3.63, 3.8) is 0 Å². The standard InChI is InChI=1S/C27H29N3O4/c1-4-20(15-18(2)27(32)33-3)21-11-9-19(10-12-21)17-34-22-13-14-25(26(31)16-22)30-28-23-7-5-6-8-24(23)29-30/h5-14,16,18,20,31H,4,15,17H2,1-3H3. The minimum Gasteiger partial charge on any atom is -0.505 e. The molecule has 7 nitrogen and oxygen atoms in total. The molecule has 3 aromatic carbocycles. The summed E-state index contributed by atoms with van der Waals surface area (Å²) in [6.45, 7) is 4.41. The summed E-state index contributed by atoms with van der Waals surface area (Å²) in [5.41, 5.74) is 4.22. The number of ether oxygens (including phenoxy) is 2. The molecule has 0 spiro atoms. The van der Waals surface area contributed by atoms with E-state index in [1.54, 1.807) is 18.2 Å². The first-order valence-electron chi connectivity index (χ1n) is 11.4. The zero-order valence-electron chi connectivity index (χ0n) is 19.6. The van der Waals surface area contributed by atoms with Gasteiger partial charge >= 0.3 is 5.97 Å². The third-order valence-corrected chi connectivity index (χ3v) is 6.04. The van der Waals surface area contributed by atoms with Crippen molar-refractivity contribution in [1.29, 1.82) is 0 Å². The average Bonchev–Trinajstić information content (AvgIpc) is 3.29. The molecule has 0 amide bonds. The van der Waals surface area contributed by atoms with Gasteiger partial charge in [0.2, 0.25) is 0 Å². The molecule has 0 aliphatic rings. The lowest BCUT2D eigenvalue weighted by atomic mass is 9.87. The molecule has 7 heteroatoms. The second-order valence-corrected chi connectivity index (χ2v) is 8.42. The lowest BCUT2D eigenvalue weighted by Gasteiger charge is -2.19. The number of nitrogens with zero attached hydrogens (tertiary/aromatic N) is 3. The molecule has 2 atom stereocenters. The minimum atomic E-state index is -0.172. The first-order valence-corrected chi connectivity index (χ1v) is 11.4. The summed E-state index contributed by atoms with van der Waals surface area (Å²) in [5.74, 6) is 0.582. The van der Waals surface area contributed by atoms with E-state index in [4.69, 9.17) is 9.47 Å². The van der Waals surface area contributed by atoms with E-state index in [0.717, 1.165) is 29.4 Å². The summed E-state index contributed by atoms with van der Waals surface area (Å²) < 4.78 is 10.7. The molecule has 0 aliphatic heterocycles. The molecule has 2 unspecified atom stereocenters. The molecule has 4 aromatic rings. The zero-order valence-corrected chi connectivity index (χ0v) is 19.6. The molecule has 0 aliphatic carbocycles. The number of aromatic hydroxyl groups is 1. The molecule has 0 fully saturated rings. The lowest BCUT2D eigenvalue weighted by molar-refractivity contribution is -0.145. The Labute approximate surface area is 198 Å². The number of hydrogen-bond donors (Lipinski definition) is 1. The van der Waals surface area contributed by atoms with Crippen LogP contribution in [0.3, 0.4) is 0 Å². The highest BCUT2D eigenvalue weighted by atomic mass is 16.5. The Bertz CT molecular complexity index is 1230. The van der Waals surface area contributed by atoms with Crippen LogP contribution < -0.4 is 4.74 Å². The van der Waals surface area contributed by atoms with E-state index in [1.165, 1.54) is 17.5 Å². The van der Waals surface area contributed by atoms with Crippen molar-refractivity contribution in [2.75, 3.05) is 7.11 Å². The second kappa shape index (κ2) is 10.4. The number of phenols is 1. The number of carbonyl (C=O) groups is 1. The molecule has 1 heterocycles. The summed E-state index contributed by atoms with van der Waals surface area (Å²) in [6, 6.07) is 20.9. The maximum Gasteiger partial charge on any atom is 0.308 e. The number of carbonyl (C=O) groups excluding carboxylic acids is 1. The Hall–Kier alpha value is -3.87. The highest BCUT2D eigenvalue weighted by Crippen LogP contribution is 2.29. The number of phenolic OH excluding ortho intramolecular Hbond substituents is 1. The maximum absolute atomic E-state index is 11.8. The predicted octanol–water partition coefficient (Wildman–Crippen LogP) is 5.40. The third-order valence-electron chi connectivity index (χ3n) is 6.04. The number of benzene rings is 3. The summed E-state index contributed by atoms with van der Waals surface area (Å²) in [4.78, 5) is 13.2. The Morgan fingerprint density at radius 1 is 1.03 bits per heavy atom. The monoisotopic (exact) mass is 459 g/mol. The van der Waals surface area contributed by atoms with Gasteiger partial charge in [-0.05, 0) is 54.2 Å². The van der Waals surface area contributed by atoms with Gasteiger partial charge < -0.3 is 14.6 Å². The first kappa shape index (κ1) is 23.3. The summed E-state index contributed by atoms with van der Waals surface area (Å²) in [7, 11) is 1.43. The van der Waals surface area contributed by atoms with Gasteiger partial charge in [0.1, 0.15) is 34.8 Å². The SMILES string of the molecule is CCC(CC(C)C(=O)OC)c1ccc(COc2ccc(-n3nc4ccccc4n3)c(O)c2)cc1. The second-order valence-electron chi connectivity index (χ2n) is 8.42. The van der Waals surface area contributed by atoms with Crippen LogP contribution >= 0.6 is 0 Å². The van der Waals surface area contributed by atoms with E-state index < -0.39 is 0 Å². The van der Waals surface area contributed by atoms with Gasteiger partial charge in [-0.2, -0.15) is 0 Å². The molecule has 0 saturated carbocycles. The van der Waals surface area contributed by atoms with Crippen LogP contribution in [0.15, 0.2) is 66.7 Å². The molecule has 1 aromatic heterocycles. The van der Waals surface area contributed by atoms with Crippen LogP contribution in [0, 0.1) is 5.92 Å². The number of hydrogen-bond acceptors (Lipinski definition) is 6. The largest absolute Gasteiger partial charge is 0.505 e. The van der Waals surface area contributed by atoms with E-state index in [-0.39, 0.29) is 17.6 Å². The quantitative estimate of drug-likeness (QED) is 0.337. The summed E-state index contributed by atoms with van der Waals surface area (Å²) in [6.07, 6.45) is 1.70. The van der Waals surface area contributed by atoms with Crippen LogP contribution in [0.2, 0.25) is 0 Å². The number of methoxy groups -OCH3 is 1. The van der Waals surface area contributed by atoms with Gasteiger partial charge in [-0.3, -0.25) is 4.79 Å². The maximum atomic E-state index is 11.8. The van der Waals surface area contributed by atoms with Crippen LogP contribution in [0.4, 0.5) is 0 Å². The van der Waals surface area contributed by atoms with E-state index in [9.17, 15) is 9.90 Å². The van der Waals surface area contributed by atoms with E-state index in [0.29, 0.717) is 24.0 Å². The van der Waals surface area contributed by atoms with Crippen LogP contribution in [-0.4, -0.2) is 33.2 Å². The molecular weight excluding hydrogens is 430 g/mol. The lowest BCUT2D eigenvalue weighted by Crippen LogP contribution is -2.16. The highest BCUT2D eigenvalue weighted by Gasteiger charge is 2.19. The smallest absolute Gasteiger partial charge is 0.308 e. The number of fused-ring (bicyclic) bond motifs is 1. The van der Waals surface area contributed by atoms with Crippen LogP contribution in [0.25, 0.3) is 16.7 Å². The summed E-state index contributed by atoms with van der Waals surface area (Å²) in [5, 5.41) is 19.3. The van der Waals surface area contributed by atoms with Crippen molar-refractivity contribution in [1.82, 2.24) is 15.0 Å². The van der Waals surface area contributed by atoms with Gasteiger partial charge in [-0.1, -0.05) is 50.2 Å². The fourth-order valence-corrected chi connectivity index (χ4v) is 4.04. The predicted molar refractivity (Wildman–Crippen MR) is 130 cm³/mol. The molecular formula is C27H29N3O4. The topological polar surface area (TPSA) is 86.5 Å². The Kier molecular flexibility index (Phi) is 7.11. The van der Waals surface area contributed by atoms with Crippen molar-refractivity contribution in [2.24, 2.45) is 5.92 Å². The Morgan fingerprint density at radius 2 is 1.71 bits per heavy atom. The Balaban J connectivity index is 1.39. The highest BCUT2D eigenvalue weighted by molar-refractivity contribution is 5.73. The molecule has 4 rings (SSSR count). The van der Waals surface area contributed by atoms with Gasteiger partial charge in [-0.25, -0.2) is 0 Å². The van der Waals surface area contributed by atoms with Gasteiger partial charge in [-0.15, -0.1) is 15.0 Å². The van der Waals surface area contributed by atoms with Gasteiger partial charge in [0, 0.05) is 6.07 Å². The Morgan fingerprint density at radius 3 is 2.29 bits per heavy atom. The summed E-state index contributed by atoms with van der Waals surface area (Å²) >= 11 is 0. The number of esters is 1. The van der Waals surface area contributed by atoms with Crippen LogP contribution in [0.1, 0.15) is 43.7 Å². The van der Waals surface area contributed by atoms with Crippen molar-refractivity contribution >= 4 is 17.0 Å².